The molecule has 2 rings (SSSR count). The minimum Gasteiger partial charge on any atom is -0.329 e. The highest BCUT2D eigenvalue weighted by molar-refractivity contribution is 7.15. The first-order valence-corrected chi connectivity index (χ1v) is 7.06. The van der Waals surface area contributed by atoms with Crippen LogP contribution >= 0.6 is 11.3 Å². The summed E-state index contributed by atoms with van der Waals surface area (Å²) in [6.45, 7) is 7.05. The van der Waals surface area contributed by atoms with Gasteiger partial charge in [0.2, 0.25) is 0 Å². The smallest absolute Gasteiger partial charge is 0.194 e. The first kappa shape index (κ1) is 13.5. The van der Waals surface area contributed by atoms with Gasteiger partial charge in [-0.1, -0.05) is 0 Å². The summed E-state index contributed by atoms with van der Waals surface area (Å²) in [5, 5.41) is 2.15. The quantitative estimate of drug-likeness (QED) is 0.918. The lowest BCUT2D eigenvalue weighted by molar-refractivity contribution is 0.179. The van der Waals surface area contributed by atoms with Crippen LogP contribution in [-0.4, -0.2) is 40.5 Å². The third-order valence-corrected chi connectivity index (χ3v) is 4.84. The van der Waals surface area contributed by atoms with Crippen LogP contribution in [0.2, 0.25) is 0 Å². The minimum atomic E-state index is -0.0326. The molecular formula is C13H22N4S. The van der Waals surface area contributed by atoms with Gasteiger partial charge in [-0.2, -0.15) is 0 Å². The molecule has 0 saturated carbocycles. The molecular weight excluding hydrogens is 244 g/mol. The van der Waals surface area contributed by atoms with E-state index in [9.17, 15) is 0 Å². The zero-order valence-corrected chi connectivity index (χ0v) is 12.6. The number of nitrogens with zero attached hydrogens (tertiary/aromatic N) is 3. The molecule has 0 saturated heterocycles. The van der Waals surface area contributed by atoms with E-state index in [2.05, 4.69) is 54.5 Å². The number of fused-ring (bicyclic) bond motifs is 1. The van der Waals surface area contributed by atoms with Crippen molar-refractivity contribution in [2.45, 2.75) is 32.7 Å². The van der Waals surface area contributed by atoms with Crippen LogP contribution in [-0.2, 0) is 6.42 Å². The highest BCUT2D eigenvalue weighted by atomic mass is 32.1. The molecule has 2 aromatic rings. The van der Waals surface area contributed by atoms with Crippen LogP contribution in [0.15, 0.2) is 5.38 Å². The Kier molecular flexibility index (Phi) is 3.49. The van der Waals surface area contributed by atoms with Gasteiger partial charge in [0.25, 0.3) is 0 Å². The number of aromatic nitrogens is 2. The zero-order valence-electron chi connectivity index (χ0n) is 11.8. The Hall–Kier alpha value is -0.910. The largest absolute Gasteiger partial charge is 0.329 e. The van der Waals surface area contributed by atoms with Crippen molar-refractivity contribution in [3.05, 3.63) is 22.5 Å². The molecule has 100 valence electrons. The van der Waals surface area contributed by atoms with Gasteiger partial charge in [-0.15, -0.1) is 11.3 Å². The Morgan fingerprint density at radius 2 is 2.11 bits per heavy atom. The molecule has 0 aliphatic heterocycles. The second kappa shape index (κ2) is 4.64. The van der Waals surface area contributed by atoms with Crippen molar-refractivity contribution in [2.24, 2.45) is 5.73 Å². The minimum absolute atomic E-state index is 0.0326. The van der Waals surface area contributed by atoms with Crippen molar-refractivity contribution < 1.29 is 0 Å². The molecule has 2 heterocycles. The Morgan fingerprint density at radius 3 is 2.67 bits per heavy atom. The van der Waals surface area contributed by atoms with Crippen molar-refractivity contribution >= 4 is 16.3 Å². The van der Waals surface area contributed by atoms with Gasteiger partial charge in [0, 0.05) is 35.3 Å². The fourth-order valence-electron chi connectivity index (χ4n) is 2.15. The van der Waals surface area contributed by atoms with E-state index in [0.29, 0.717) is 6.54 Å². The summed E-state index contributed by atoms with van der Waals surface area (Å²) in [4.78, 5) is 7.92. The molecule has 1 atom stereocenters. The van der Waals surface area contributed by atoms with Crippen molar-refractivity contribution in [1.29, 1.82) is 0 Å². The van der Waals surface area contributed by atoms with E-state index < -0.39 is 0 Å². The molecule has 0 aromatic carbocycles. The van der Waals surface area contributed by atoms with E-state index in [1.807, 2.05) is 0 Å². The first-order chi connectivity index (χ1) is 8.39. The standard InChI is InChI=1S/C13H22N4S/c1-9-7-18-12-15-10(2)11(17(9)12)6-13(3,8-14)16(4)5/h7H,6,8,14H2,1-5H3. The molecule has 1 unspecified atom stereocenters. The van der Waals surface area contributed by atoms with Crippen molar-refractivity contribution in [3.63, 3.8) is 0 Å². The van der Waals surface area contributed by atoms with Crippen LogP contribution in [0.25, 0.3) is 4.96 Å². The second-order valence-corrected chi connectivity index (χ2v) is 6.25. The summed E-state index contributed by atoms with van der Waals surface area (Å²) in [5.74, 6) is 0. The molecule has 0 spiro atoms. The van der Waals surface area contributed by atoms with Gasteiger partial charge in [-0.25, -0.2) is 4.98 Å². The number of nitrogens with two attached hydrogens (primary N) is 1. The van der Waals surface area contributed by atoms with Gasteiger partial charge in [-0.05, 0) is 34.9 Å². The number of aryl methyl sites for hydroxylation is 2. The monoisotopic (exact) mass is 266 g/mol. The third-order valence-electron chi connectivity index (χ3n) is 3.90. The molecule has 0 bridgehead atoms. The average molecular weight is 266 g/mol. The summed E-state index contributed by atoms with van der Waals surface area (Å²) in [5.41, 5.74) is 9.58. The van der Waals surface area contributed by atoms with Gasteiger partial charge in [0.05, 0.1) is 5.69 Å². The number of rotatable bonds is 4. The first-order valence-electron chi connectivity index (χ1n) is 6.18. The molecule has 5 heteroatoms. The molecule has 4 nitrogen and oxygen atoms in total. The number of hydrogen-bond donors (Lipinski definition) is 1. The third kappa shape index (κ3) is 2.06. The number of imidazole rings is 1. The predicted molar refractivity (Wildman–Crippen MR) is 77.4 cm³/mol. The number of thiazole rings is 1. The maximum Gasteiger partial charge on any atom is 0.194 e. The van der Waals surface area contributed by atoms with E-state index in [4.69, 9.17) is 5.73 Å². The molecule has 2 aromatic heterocycles. The van der Waals surface area contributed by atoms with Crippen LogP contribution in [0.3, 0.4) is 0 Å². The number of hydrogen-bond acceptors (Lipinski definition) is 4. The van der Waals surface area contributed by atoms with Gasteiger partial charge in [0.15, 0.2) is 4.96 Å². The SMILES string of the molecule is Cc1nc2scc(C)n2c1CC(C)(CN)N(C)C. The van der Waals surface area contributed by atoms with E-state index in [0.717, 1.165) is 17.1 Å². The van der Waals surface area contributed by atoms with Crippen LogP contribution in [0, 0.1) is 13.8 Å². The molecule has 0 aliphatic rings. The topological polar surface area (TPSA) is 46.6 Å². The highest BCUT2D eigenvalue weighted by Crippen LogP contribution is 2.25. The maximum atomic E-state index is 5.96. The van der Waals surface area contributed by atoms with Gasteiger partial charge in [0.1, 0.15) is 0 Å². The molecule has 0 amide bonds. The van der Waals surface area contributed by atoms with E-state index in [-0.39, 0.29) is 5.54 Å². The van der Waals surface area contributed by atoms with E-state index >= 15 is 0 Å². The highest BCUT2D eigenvalue weighted by Gasteiger charge is 2.28. The summed E-state index contributed by atoms with van der Waals surface area (Å²) in [7, 11) is 4.17. The lowest BCUT2D eigenvalue weighted by Crippen LogP contribution is -2.49. The van der Waals surface area contributed by atoms with Crippen molar-refractivity contribution in [3.8, 4) is 0 Å². The van der Waals surface area contributed by atoms with Gasteiger partial charge in [-0.3, -0.25) is 4.40 Å². The predicted octanol–water partition coefficient (Wildman–Crippen LogP) is 1.83. The van der Waals surface area contributed by atoms with Gasteiger partial charge < -0.3 is 10.6 Å². The maximum absolute atomic E-state index is 5.96. The average Bonchev–Trinajstić information content (AvgIpc) is 2.81. The summed E-state index contributed by atoms with van der Waals surface area (Å²) >= 11 is 1.70. The second-order valence-electron chi connectivity index (χ2n) is 5.41. The zero-order chi connectivity index (χ0) is 13.5. The van der Waals surface area contributed by atoms with E-state index in [1.165, 1.54) is 11.4 Å². The Bertz CT molecular complexity index is 555. The molecule has 18 heavy (non-hydrogen) atoms. The van der Waals surface area contributed by atoms with Crippen LogP contribution in [0.1, 0.15) is 24.0 Å². The van der Waals surface area contributed by atoms with Crippen LogP contribution in [0.5, 0.6) is 0 Å². The Morgan fingerprint density at radius 1 is 1.44 bits per heavy atom. The fourth-order valence-corrected chi connectivity index (χ4v) is 3.08. The van der Waals surface area contributed by atoms with Gasteiger partial charge >= 0.3 is 0 Å². The molecule has 0 aliphatic carbocycles. The normalized spacial score (nSPS) is 15.5. The fraction of sp³-hybridized carbons (Fsp3) is 0.615. The summed E-state index contributed by atoms with van der Waals surface area (Å²) < 4.78 is 2.26. The summed E-state index contributed by atoms with van der Waals surface area (Å²) in [6.07, 6.45) is 0.918. The van der Waals surface area contributed by atoms with Crippen molar-refractivity contribution in [2.75, 3.05) is 20.6 Å². The van der Waals surface area contributed by atoms with Crippen molar-refractivity contribution in [1.82, 2.24) is 14.3 Å². The van der Waals surface area contributed by atoms with E-state index in [1.54, 1.807) is 11.3 Å². The number of likely N-dealkylation sites (N-methyl/N-ethyl adjacent to an activating group) is 1. The molecule has 2 N–H and O–H groups in total. The van der Waals surface area contributed by atoms with Crippen LogP contribution < -0.4 is 5.73 Å². The lowest BCUT2D eigenvalue weighted by atomic mass is 9.93. The Labute approximate surface area is 112 Å². The Balaban J connectivity index is 2.48. The molecule has 0 fully saturated rings. The molecule has 0 radical (unpaired) electrons. The summed E-state index contributed by atoms with van der Waals surface area (Å²) in [6, 6.07) is 0. The lowest BCUT2D eigenvalue weighted by Gasteiger charge is -2.35. The van der Waals surface area contributed by atoms with Crippen LogP contribution in [0.4, 0.5) is 0 Å².